The standard InChI is InChI=1S/C14H21ClN2/c1-10-8-12(15)5-6-13(10)14(9-16)17-7-3-4-11(17)2/h5-6,8,11,14H,3-4,7,9,16H2,1-2H3. The van der Waals surface area contributed by atoms with Crippen molar-refractivity contribution in [3.8, 4) is 0 Å². The molecule has 17 heavy (non-hydrogen) atoms. The number of nitrogens with zero attached hydrogens (tertiary/aromatic N) is 1. The van der Waals surface area contributed by atoms with Crippen LogP contribution < -0.4 is 5.73 Å². The van der Waals surface area contributed by atoms with E-state index in [1.165, 1.54) is 24.0 Å². The molecule has 1 aromatic rings. The Balaban J connectivity index is 2.28. The third-order valence-corrected chi connectivity index (χ3v) is 4.05. The van der Waals surface area contributed by atoms with Gasteiger partial charge in [0.2, 0.25) is 0 Å². The van der Waals surface area contributed by atoms with Crippen molar-refractivity contribution >= 4 is 11.6 Å². The van der Waals surface area contributed by atoms with Crippen LogP contribution in [-0.2, 0) is 0 Å². The molecule has 2 rings (SSSR count). The van der Waals surface area contributed by atoms with E-state index in [4.69, 9.17) is 17.3 Å². The molecular formula is C14H21ClN2. The summed E-state index contributed by atoms with van der Waals surface area (Å²) >= 11 is 6.01. The first kappa shape index (κ1) is 12.9. The van der Waals surface area contributed by atoms with Gasteiger partial charge in [-0.2, -0.15) is 0 Å². The topological polar surface area (TPSA) is 29.3 Å². The van der Waals surface area contributed by atoms with Gasteiger partial charge in [0.15, 0.2) is 0 Å². The molecule has 1 saturated heterocycles. The predicted molar refractivity (Wildman–Crippen MR) is 73.4 cm³/mol. The predicted octanol–water partition coefficient (Wildman–Crippen LogP) is 3.13. The van der Waals surface area contributed by atoms with Gasteiger partial charge >= 0.3 is 0 Å². The van der Waals surface area contributed by atoms with Crippen LogP contribution >= 0.6 is 11.6 Å². The molecule has 2 N–H and O–H groups in total. The molecule has 0 spiro atoms. The molecule has 0 radical (unpaired) electrons. The Hall–Kier alpha value is -0.570. The van der Waals surface area contributed by atoms with Gasteiger partial charge in [0, 0.05) is 23.7 Å². The number of likely N-dealkylation sites (tertiary alicyclic amines) is 1. The lowest BCUT2D eigenvalue weighted by atomic mass is 9.99. The Morgan fingerprint density at radius 3 is 2.82 bits per heavy atom. The van der Waals surface area contributed by atoms with Gasteiger partial charge in [-0.1, -0.05) is 17.7 Å². The Morgan fingerprint density at radius 1 is 1.53 bits per heavy atom. The van der Waals surface area contributed by atoms with Crippen molar-refractivity contribution in [3.05, 3.63) is 34.3 Å². The summed E-state index contributed by atoms with van der Waals surface area (Å²) in [5, 5.41) is 0.802. The lowest BCUT2D eigenvalue weighted by Crippen LogP contribution is -2.36. The van der Waals surface area contributed by atoms with Gasteiger partial charge in [0.05, 0.1) is 0 Å². The highest BCUT2D eigenvalue weighted by Crippen LogP contribution is 2.31. The van der Waals surface area contributed by atoms with E-state index in [-0.39, 0.29) is 0 Å². The van der Waals surface area contributed by atoms with E-state index in [0.29, 0.717) is 18.6 Å². The molecule has 0 bridgehead atoms. The van der Waals surface area contributed by atoms with Crippen molar-refractivity contribution < 1.29 is 0 Å². The van der Waals surface area contributed by atoms with Crippen LogP contribution in [0.25, 0.3) is 0 Å². The summed E-state index contributed by atoms with van der Waals surface area (Å²) in [6.45, 7) is 6.24. The summed E-state index contributed by atoms with van der Waals surface area (Å²) in [4.78, 5) is 2.52. The van der Waals surface area contributed by atoms with Crippen LogP contribution in [0.15, 0.2) is 18.2 Å². The maximum Gasteiger partial charge on any atom is 0.0475 e. The number of halogens is 1. The van der Waals surface area contributed by atoms with Crippen LogP contribution in [0.1, 0.15) is 36.9 Å². The smallest absolute Gasteiger partial charge is 0.0475 e. The second-order valence-corrected chi connectivity index (χ2v) is 5.42. The van der Waals surface area contributed by atoms with Crippen molar-refractivity contribution in [1.82, 2.24) is 4.90 Å². The highest BCUT2D eigenvalue weighted by atomic mass is 35.5. The second-order valence-electron chi connectivity index (χ2n) is 4.98. The van der Waals surface area contributed by atoms with E-state index in [0.717, 1.165) is 11.6 Å². The average molecular weight is 253 g/mol. The molecule has 1 aliphatic rings. The second kappa shape index (κ2) is 5.38. The molecule has 1 heterocycles. The largest absolute Gasteiger partial charge is 0.329 e. The Morgan fingerprint density at radius 2 is 2.29 bits per heavy atom. The number of benzene rings is 1. The fraction of sp³-hybridized carbons (Fsp3) is 0.571. The molecule has 2 nitrogen and oxygen atoms in total. The van der Waals surface area contributed by atoms with Crippen LogP contribution in [0.3, 0.4) is 0 Å². The Labute approximate surface area is 109 Å². The number of hydrogen-bond donors (Lipinski definition) is 1. The summed E-state index contributed by atoms with van der Waals surface area (Å²) in [6.07, 6.45) is 2.56. The normalized spacial score (nSPS) is 22.9. The summed E-state index contributed by atoms with van der Waals surface area (Å²) in [7, 11) is 0. The summed E-state index contributed by atoms with van der Waals surface area (Å²) in [5.41, 5.74) is 8.55. The fourth-order valence-corrected chi connectivity index (χ4v) is 3.10. The third kappa shape index (κ3) is 2.65. The molecule has 3 heteroatoms. The van der Waals surface area contributed by atoms with Crippen molar-refractivity contribution in [1.29, 1.82) is 0 Å². The molecule has 0 amide bonds. The van der Waals surface area contributed by atoms with Gasteiger partial charge in [-0.3, -0.25) is 4.90 Å². The number of hydrogen-bond acceptors (Lipinski definition) is 2. The highest BCUT2D eigenvalue weighted by molar-refractivity contribution is 6.30. The molecule has 0 saturated carbocycles. The Kier molecular flexibility index (Phi) is 4.08. The van der Waals surface area contributed by atoms with Crippen LogP contribution in [0.2, 0.25) is 5.02 Å². The lowest BCUT2D eigenvalue weighted by Gasteiger charge is -2.31. The van der Waals surface area contributed by atoms with Crippen molar-refractivity contribution in [2.45, 2.75) is 38.8 Å². The van der Waals surface area contributed by atoms with Gasteiger partial charge in [0.1, 0.15) is 0 Å². The van der Waals surface area contributed by atoms with E-state index in [2.05, 4.69) is 24.8 Å². The minimum absolute atomic E-state index is 0.338. The average Bonchev–Trinajstić information content (AvgIpc) is 2.69. The maximum atomic E-state index is 6.01. The lowest BCUT2D eigenvalue weighted by molar-refractivity contribution is 0.195. The third-order valence-electron chi connectivity index (χ3n) is 3.82. The first-order valence-electron chi connectivity index (χ1n) is 6.35. The van der Waals surface area contributed by atoms with Crippen LogP contribution in [0.4, 0.5) is 0 Å². The van der Waals surface area contributed by atoms with Crippen molar-refractivity contribution in [3.63, 3.8) is 0 Å². The maximum absolute atomic E-state index is 6.01. The molecular weight excluding hydrogens is 232 g/mol. The van der Waals surface area contributed by atoms with Gasteiger partial charge in [-0.25, -0.2) is 0 Å². The highest BCUT2D eigenvalue weighted by Gasteiger charge is 2.28. The Bertz CT molecular complexity index is 392. The molecule has 2 unspecified atom stereocenters. The van der Waals surface area contributed by atoms with Crippen molar-refractivity contribution in [2.75, 3.05) is 13.1 Å². The van der Waals surface area contributed by atoms with E-state index < -0.39 is 0 Å². The molecule has 1 aromatic carbocycles. The number of aryl methyl sites for hydroxylation is 1. The van der Waals surface area contributed by atoms with E-state index >= 15 is 0 Å². The first-order chi connectivity index (χ1) is 8.13. The van der Waals surface area contributed by atoms with Gasteiger partial charge < -0.3 is 5.73 Å². The van der Waals surface area contributed by atoms with E-state index in [1.807, 2.05) is 12.1 Å². The molecule has 2 atom stereocenters. The first-order valence-corrected chi connectivity index (χ1v) is 6.73. The van der Waals surface area contributed by atoms with E-state index in [1.54, 1.807) is 0 Å². The van der Waals surface area contributed by atoms with E-state index in [9.17, 15) is 0 Å². The summed E-state index contributed by atoms with van der Waals surface area (Å²) < 4.78 is 0. The minimum atomic E-state index is 0.338. The van der Waals surface area contributed by atoms with Gasteiger partial charge in [-0.15, -0.1) is 0 Å². The number of rotatable bonds is 3. The van der Waals surface area contributed by atoms with Crippen LogP contribution in [0, 0.1) is 6.92 Å². The molecule has 1 fully saturated rings. The van der Waals surface area contributed by atoms with Gasteiger partial charge in [-0.05, 0) is 56.5 Å². The zero-order chi connectivity index (χ0) is 12.4. The SMILES string of the molecule is Cc1cc(Cl)ccc1C(CN)N1CCCC1C. The quantitative estimate of drug-likeness (QED) is 0.896. The summed E-state index contributed by atoms with van der Waals surface area (Å²) in [5.74, 6) is 0. The molecule has 1 aliphatic heterocycles. The zero-order valence-corrected chi connectivity index (χ0v) is 11.4. The zero-order valence-electron chi connectivity index (χ0n) is 10.6. The van der Waals surface area contributed by atoms with Gasteiger partial charge in [0.25, 0.3) is 0 Å². The molecule has 0 aliphatic carbocycles. The van der Waals surface area contributed by atoms with Crippen molar-refractivity contribution in [2.24, 2.45) is 5.73 Å². The minimum Gasteiger partial charge on any atom is -0.329 e. The van der Waals surface area contributed by atoms with Crippen LogP contribution in [0.5, 0.6) is 0 Å². The molecule has 94 valence electrons. The summed E-state index contributed by atoms with van der Waals surface area (Å²) in [6, 6.07) is 7.09. The number of nitrogens with two attached hydrogens (primary N) is 1. The van der Waals surface area contributed by atoms with Crippen LogP contribution in [-0.4, -0.2) is 24.0 Å². The molecule has 0 aromatic heterocycles. The monoisotopic (exact) mass is 252 g/mol. The fourth-order valence-electron chi connectivity index (χ4n) is 2.87.